The largest absolute Gasteiger partial charge is 0.322 e. The van der Waals surface area contributed by atoms with E-state index in [9.17, 15) is 13.2 Å². The lowest BCUT2D eigenvalue weighted by Gasteiger charge is -2.17. The van der Waals surface area contributed by atoms with Crippen molar-refractivity contribution < 1.29 is 13.2 Å². The van der Waals surface area contributed by atoms with Crippen LogP contribution >= 0.6 is 23.2 Å². The van der Waals surface area contributed by atoms with E-state index in [4.69, 9.17) is 23.2 Å². The Hall–Kier alpha value is -1.61. The number of carbonyl (C=O) groups excluding carboxylic acids is 1. The van der Waals surface area contributed by atoms with Gasteiger partial charge in [-0.1, -0.05) is 23.2 Å². The van der Waals surface area contributed by atoms with Gasteiger partial charge in [0.25, 0.3) is 5.91 Å². The van der Waals surface area contributed by atoms with Gasteiger partial charge in [0.1, 0.15) is 10.0 Å². The van der Waals surface area contributed by atoms with Crippen molar-refractivity contribution in [2.45, 2.75) is 24.7 Å². The van der Waals surface area contributed by atoms with Crippen LogP contribution in [0.3, 0.4) is 0 Å². The first-order valence-corrected chi connectivity index (χ1v) is 10.2. The van der Waals surface area contributed by atoms with Gasteiger partial charge in [-0.15, -0.1) is 0 Å². The minimum atomic E-state index is -3.70. The monoisotopic (exact) mass is 416 g/mol. The van der Waals surface area contributed by atoms with Gasteiger partial charge in [-0.05, 0) is 38.0 Å². The number of amides is 1. The van der Waals surface area contributed by atoms with Crippen molar-refractivity contribution in [1.29, 1.82) is 0 Å². The number of aryl methyl sites for hydroxylation is 2. The quantitative estimate of drug-likeness (QED) is 0.829. The van der Waals surface area contributed by atoms with Crippen LogP contribution in [0.25, 0.3) is 0 Å². The lowest BCUT2D eigenvalue weighted by molar-refractivity contribution is 0.102. The number of sulfonamides is 1. The van der Waals surface area contributed by atoms with Gasteiger partial charge < -0.3 is 5.32 Å². The molecule has 0 saturated carbocycles. The molecule has 1 aromatic carbocycles. The Morgan fingerprint density at radius 3 is 2.46 bits per heavy atom. The van der Waals surface area contributed by atoms with Crippen LogP contribution in [0.1, 0.15) is 28.9 Å². The number of anilines is 1. The first-order valence-electron chi connectivity index (χ1n) is 8.02. The van der Waals surface area contributed by atoms with E-state index in [-0.39, 0.29) is 20.6 Å². The smallest absolute Gasteiger partial charge is 0.260 e. The van der Waals surface area contributed by atoms with Crippen LogP contribution in [-0.4, -0.2) is 41.5 Å². The molecule has 140 valence electrons. The van der Waals surface area contributed by atoms with E-state index in [0.29, 0.717) is 24.5 Å². The summed E-state index contributed by atoms with van der Waals surface area (Å²) >= 11 is 12.2. The third kappa shape index (κ3) is 3.46. The molecule has 0 unspecified atom stereocenters. The molecule has 7 nitrogen and oxygen atoms in total. The molecule has 1 saturated heterocycles. The summed E-state index contributed by atoms with van der Waals surface area (Å²) < 4.78 is 28.3. The minimum Gasteiger partial charge on any atom is -0.322 e. The maximum absolute atomic E-state index is 12.8. The van der Waals surface area contributed by atoms with Gasteiger partial charge >= 0.3 is 0 Å². The van der Waals surface area contributed by atoms with E-state index in [1.165, 1.54) is 21.1 Å². The highest BCUT2D eigenvalue weighted by Crippen LogP contribution is 2.30. The predicted molar refractivity (Wildman–Crippen MR) is 100 cm³/mol. The highest BCUT2D eigenvalue weighted by atomic mass is 35.5. The number of hydrogen-bond donors (Lipinski definition) is 1. The summed E-state index contributed by atoms with van der Waals surface area (Å²) in [6, 6.07) is 4.37. The molecule has 0 radical (unpaired) electrons. The molecule has 1 aromatic heterocycles. The molecule has 2 heterocycles. The van der Waals surface area contributed by atoms with Gasteiger partial charge in [-0.25, -0.2) is 8.42 Å². The molecular formula is C16H18Cl2N4O3S. The first kappa shape index (κ1) is 19.2. The van der Waals surface area contributed by atoms with Crippen molar-refractivity contribution in [3.8, 4) is 0 Å². The van der Waals surface area contributed by atoms with Crippen LogP contribution in [0.2, 0.25) is 10.2 Å². The van der Waals surface area contributed by atoms with Crippen LogP contribution in [0, 0.1) is 6.92 Å². The van der Waals surface area contributed by atoms with E-state index in [1.54, 1.807) is 20.0 Å². The molecule has 1 aliphatic rings. The number of hydrogen-bond acceptors (Lipinski definition) is 4. The van der Waals surface area contributed by atoms with Crippen LogP contribution in [0.4, 0.5) is 5.69 Å². The molecule has 1 amide bonds. The number of aromatic nitrogens is 2. The zero-order valence-corrected chi connectivity index (χ0v) is 16.6. The third-order valence-corrected chi connectivity index (χ3v) is 7.07. The molecule has 0 spiro atoms. The number of nitrogens with one attached hydrogen (secondary N) is 1. The fourth-order valence-corrected chi connectivity index (χ4v) is 5.21. The van der Waals surface area contributed by atoms with Crippen LogP contribution < -0.4 is 5.32 Å². The number of rotatable bonds is 4. The second-order valence-electron chi connectivity index (χ2n) is 6.09. The summed E-state index contributed by atoms with van der Waals surface area (Å²) in [5.41, 5.74) is 1.04. The van der Waals surface area contributed by atoms with E-state index in [0.717, 1.165) is 12.8 Å². The van der Waals surface area contributed by atoms with Crippen molar-refractivity contribution in [2.24, 2.45) is 7.05 Å². The van der Waals surface area contributed by atoms with Gasteiger partial charge in [0.15, 0.2) is 0 Å². The normalized spacial score (nSPS) is 15.4. The van der Waals surface area contributed by atoms with E-state index < -0.39 is 15.9 Å². The molecule has 2 aromatic rings. The Kier molecular flexibility index (Phi) is 5.30. The first-order chi connectivity index (χ1) is 12.2. The summed E-state index contributed by atoms with van der Waals surface area (Å²) in [6.07, 6.45) is 1.65. The van der Waals surface area contributed by atoms with E-state index >= 15 is 0 Å². The van der Waals surface area contributed by atoms with E-state index in [2.05, 4.69) is 10.4 Å². The average Bonchev–Trinajstić information content (AvgIpc) is 3.19. The van der Waals surface area contributed by atoms with Crippen LogP contribution in [-0.2, 0) is 17.1 Å². The molecule has 0 atom stereocenters. The molecule has 1 N–H and O–H groups in total. The Bertz CT molecular complexity index is 966. The molecule has 1 fully saturated rings. The van der Waals surface area contributed by atoms with Crippen molar-refractivity contribution in [1.82, 2.24) is 14.1 Å². The summed E-state index contributed by atoms with van der Waals surface area (Å²) in [5.74, 6) is -0.465. The highest BCUT2D eigenvalue weighted by Gasteiger charge is 2.29. The maximum Gasteiger partial charge on any atom is 0.260 e. The second kappa shape index (κ2) is 7.19. The summed E-state index contributed by atoms with van der Waals surface area (Å²) in [4.78, 5) is 12.5. The summed E-state index contributed by atoms with van der Waals surface area (Å²) in [6.45, 7) is 2.62. The number of benzene rings is 1. The topological polar surface area (TPSA) is 84.3 Å². The van der Waals surface area contributed by atoms with Gasteiger partial charge in [-0.2, -0.15) is 9.40 Å². The molecule has 1 aliphatic heterocycles. The van der Waals surface area contributed by atoms with Gasteiger partial charge in [0, 0.05) is 25.8 Å². The lowest BCUT2D eigenvalue weighted by Crippen LogP contribution is -2.28. The van der Waals surface area contributed by atoms with Gasteiger partial charge in [0.05, 0.1) is 16.3 Å². The summed E-state index contributed by atoms with van der Waals surface area (Å²) in [7, 11) is -2.06. The average molecular weight is 417 g/mol. The minimum absolute atomic E-state index is 0.0205. The van der Waals surface area contributed by atoms with Crippen molar-refractivity contribution in [3.05, 3.63) is 39.6 Å². The lowest BCUT2D eigenvalue weighted by atomic mass is 10.2. The molecule has 10 heteroatoms. The number of carbonyl (C=O) groups is 1. The maximum atomic E-state index is 12.8. The van der Waals surface area contributed by atoms with Crippen molar-refractivity contribution >= 4 is 44.8 Å². The SMILES string of the molecule is Cc1nn(C)c(Cl)c1C(=O)Nc1ccc(Cl)c(S(=O)(=O)N2CCCC2)c1. The predicted octanol–water partition coefficient (Wildman–Crippen LogP) is 3.07. The Morgan fingerprint density at radius 2 is 1.88 bits per heavy atom. The van der Waals surface area contributed by atoms with Gasteiger partial charge in [-0.3, -0.25) is 9.48 Å². The number of halogens is 2. The second-order valence-corrected chi connectivity index (χ2v) is 8.76. The van der Waals surface area contributed by atoms with Gasteiger partial charge in [0.2, 0.25) is 10.0 Å². The Balaban J connectivity index is 1.91. The third-order valence-electron chi connectivity index (χ3n) is 4.25. The number of nitrogens with zero attached hydrogens (tertiary/aromatic N) is 3. The molecule has 0 aliphatic carbocycles. The van der Waals surface area contributed by atoms with E-state index in [1.807, 2.05) is 0 Å². The molecule has 0 bridgehead atoms. The molecule has 26 heavy (non-hydrogen) atoms. The highest BCUT2D eigenvalue weighted by molar-refractivity contribution is 7.89. The molecular weight excluding hydrogens is 399 g/mol. The fourth-order valence-electron chi connectivity index (χ4n) is 2.93. The fraction of sp³-hybridized carbons (Fsp3) is 0.375. The Labute approximate surface area is 161 Å². The van der Waals surface area contributed by atoms with Crippen molar-refractivity contribution in [3.63, 3.8) is 0 Å². The Morgan fingerprint density at radius 1 is 1.23 bits per heavy atom. The molecule has 3 rings (SSSR count). The standard InChI is InChI=1S/C16H18Cl2N4O3S/c1-10-14(15(18)21(2)20-10)16(23)19-11-5-6-12(17)13(9-11)26(24,25)22-7-3-4-8-22/h5-6,9H,3-4,7-8H2,1-2H3,(H,19,23). The zero-order chi connectivity index (χ0) is 19.1. The zero-order valence-electron chi connectivity index (χ0n) is 14.3. The van der Waals surface area contributed by atoms with Crippen LogP contribution in [0.5, 0.6) is 0 Å². The van der Waals surface area contributed by atoms with Crippen molar-refractivity contribution in [2.75, 3.05) is 18.4 Å². The summed E-state index contributed by atoms with van der Waals surface area (Å²) in [5, 5.41) is 7.09. The van der Waals surface area contributed by atoms with Crippen LogP contribution in [0.15, 0.2) is 23.1 Å².